The second-order valence-corrected chi connectivity index (χ2v) is 10.2. The molecule has 1 aliphatic heterocycles. The van der Waals surface area contributed by atoms with Crippen LogP contribution in [0.25, 0.3) is 10.6 Å². The van der Waals surface area contributed by atoms with E-state index in [1.807, 2.05) is 23.1 Å². The van der Waals surface area contributed by atoms with Crippen molar-refractivity contribution in [3.8, 4) is 10.6 Å². The predicted molar refractivity (Wildman–Crippen MR) is 126 cm³/mol. The Bertz CT molecular complexity index is 1150. The zero-order valence-corrected chi connectivity index (χ0v) is 19.5. The van der Waals surface area contributed by atoms with Crippen molar-refractivity contribution >= 4 is 27.3 Å². The summed E-state index contributed by atoms with van der Waals surface area (Å²) in [6, 6.07) is 16.3. The summed E-state index contributed by atoms with van der Waals surface area (Å²) in [4.78, 5) is 21.9. The number of rotatable bonds is 7. The molecule has 7 nitrogen and oxygen atoms in total. The zero-order valence-electron chi connectivity index (χ0n) is 17.9. The van der Waals surface area contributed by atoms with E-state index in [9.17, 15) is 13.2 Å². The molecule has 2 heterocycles. The molecule has 0 spiro atoms. The maximum absolute atomic E-state index is 12.8. The molecule has 1 amide bonds. The average molecular weight is 471 g/mol. The van der Waals surface area contributed by atoms with Crippen LogP contribution in [0.5, 0.6) is 0 Å². The Hall–Kier alpha value is -2.59. The Morgan fingerprint density at radius 2 is 1.72 bits per heavy atom. The van der Waals surface area contributed by atoms with Crippen LogP contribution in [-0.2, 0) is 16.6 Å². The SMILES string of the molecule is CCNS(=O)(=O)c1ccc(C(=O)N2CCN(Cc3csc(-c4ccccc4)n3)CC2)cc1. The number of carbonyl (C=O) groups excluding carboxylic acids is 1. The number of sulfonamides is 1. The lowest BCUT2D eigenvalue weighted by molar-refractivity contribution is 0.0627. The lowest BCUT2D eigenvalue weighted by Crippen LogP contribution is -2.48. The third-order valence-electron chi connectivity index (χ3n) is 5.36. The molecule has 9 heteroatoms. The Kier molecular flexibility index (Phi) is 7.00. The number of carbonyl (C=O) groups is 1. The van der Waals surface area contributed by atoms with Crippen LogP contribution in [0.1, 0.15) is 23.0 Å². The minimum absolute atomic E-state index is 0.0722. The molecular formula is C23H26N4O3S2. The van der Waals surface area contributed by atoms with Crippen LogP contribution in [0.2, 0.25) is 0 Å². The fourth-order valence-corrected chi connectivity index (χ4v) is 5.52. The van der Waals surface area contributed by atoms with Crippen molar-refractivity contribution < 1.29 is 13.2 Å². The van der Waals surface area contributed by atoms with Crippen molar-refractivity contribution in [1.82, 2.24) is 19.5 Å². The Morgan fingerprint density at radius 3 is 2.38 bits per heavy atom. The molecule has 1 aromatic heterocycles. The minimum Gasteiger partial charge on any atom is -0.336 e. The van der Waals surface area contributed by atoms with E-state index in [-0.39, 0.29) is 10.8 Å². The molecule has 32 heavy (non-hydrogen) atoms. The van der Waals surface area contributed by atoms with Crippen LogP contribution >= 0.6 is 11.3 Å². The first-order valence-electron chi connectivity index (χ1n) is 10.6. The Balaban J connectivity index is 1.32. The maximum Gasteiger partial charge on any atom is 0.253 e. The van der Waals surface area contributed by atoms with Gasteiger partial charge >= 0.3 is 0 Å². The van der Waals surface area contributed by atoms with E-state index in [0.717, 1.165) is 35.9 Å². The summed E-state index contributed by atoms with van der Waals surface area (Å²) < 4.78 is 26.6. The van der Waals surface area contributed by atoms with Gasteiger partial charge in [-0.2, -0.15) is 0 Å². The molecular weight excluding hydrogens is 444 g/mol. The molecule has 1 saturated heterocycles. The van der Waals surface area contributed by atoms with Crippen LogP contribution in [0.3, 0.4) is 0 Å². The molecule has 168 valence electrons. The van der Waals surface area contributed by atoms with E-state index in [1.165, 1.54) is 12.1 Å². The summed E-state index contributed by atoms with van der Waals surface area (Å²) in [6.45, 7) is 5.63. The largest absolute Gasteiger partial charge is 0.336 e. The van der Waals surface area contributed by atoms with Gasteiger partial charge in [-0.15, -0.1) is 11.3 Å². The number of benzene rings is 2. The molecule has 0 atom stereocenters. The van der Waals surface area contributed by atoms with E-state index in [2.05, 4.69) is 27.1 Å². The van der Waals surface area contributed by atoms with Crippen LogP contribution in [-0.4, -0.2) is 61.8 Å². The number of thiazole rings is 1. The number of hydrogen-bond donors (Lipinski definition) is 1. The van der Waals surface area contributed by atoms with Gasteiger partial charge in [0.05, 0.1) is 10.6 Å². The smallest absolute Gasteiger partial charge is 0.253 e. The van der Waals surface area contributed by atoms with Gasteiger partial charge in [-0.1, -0.05) is 37.3 Å². The normalized spacial score (nSPS) is 15.1. The summed E-state index contributed by atoms with van der Waals surface area (Å²) in [7, 11) is -3.52. The third kappa shape index (κ3) is 5.24. The summed E-state index contributed by atoms with van der Waals surface area (Å²) in [5.41, 5.74) is 2.68. The number of aromatic nitrogens is 1. The summed E-state index contributed by atoms with van der Waals surface area (Å²) in [6.07, 6.45) is 0. The first-order valence-corrected chi connectivity index (χ1v) is 12.9. The highest BCUT2D eigenvalue weighted by molar-refractivity contribution is 7.89. The highest BCUT2D eigenvalue weighted by atomic mass is 32.2. The number of piperazine rings is 1. The lowest BCUT2D eigenvalue weighted by Gasteiger charge is -2.34. The Morgan fingerprint density at radius 1 is 1.03 bits per heavy atom. The second-order valence-electron chi connectivity index (χ2n) is 7.60. The third-order valence-corrected chi connectivity index (χ3v) is 7.87. The van der Waals surface area contributed by atoms with Gasteiger partial charge in [0.2, 0.25) is 10.0 Å². The molecule has 1 aliphatic rings. The molecule has 0 unspecified atom stereocenters. The standard InChI is InChI=1S/C23H26N4O3S2/c1-2-24-32(29,30)21-10-8-19(9-11-21)23(28)27-14-12-26(13-15-27)16-20-17-31-22(25-20)18-6-4-3-5-7-18/h3-11,17,24H,2,12-16H2,1H3. The lowest BCUT2D eigenvalue weighted by atomic mass is 10.2. The van der Waals surface area contributed by atoms with E-state index in [4.69, 9.17) is 4.98 Å². The summed E-state index contributed by atoms with van der Waals surface area (Å²) in [5.74, 6) is -0.0722. The van der Waals surface area contributed by atoms with Crippen LogP contribution < -0.4 is 4.72 Å². The molecule has 2 aromatic carbocycles. The van der Waals surface area contributed by atoms with E-state index >= 15 is 0 Å². The first kappa shape index (κ1) is 22.6. The molecule has 0 radical (unpaired) electrons. The van der Waals surface area contributed by atoms with Crippen LogP contribution in [0.15, 0.2) is 64.9 Å². The van der Waals surface area contributed by atoms with Crippen LogP contribution in [0.4, 0.5) is 0 Å². The maximum atomic E-state index is 12.8. The van der Waals surface area contributed by atoms with Gasteiger partial charge in [0.1, 0.15) is 5.01 Å². The predicted octanol–water partition coefficient (Wildman–Crippen LogP) is 3.07. The number of nitrogens with one attached hydrogen (secondary N) is 1. The first-order chi connectivity index (χ1) is 15.5. The van der Waals surface area contributed by atoms with Gasteiger partial charge in [-0.05, 0) is 24.3 Å². The van der Waals surface area contributed by atoms with Gasteiger partial charge < -0.3 is 4.90 Å². The fraction of sp³-hybridized carbons (Fsp3) is 0.304. The average Bonchev–Trinajstić information content (AvgIpc) is 3.28. The topological polar surface area (TPSA) is 82.6 Å². The van der Waals surface area contributed by atoms with E-state index in [1.54, 1.807) is 30.4 Å². The Labute approximate surface area is 192 Å². The molecule has 3 aromatic rings. The molecule has 0 bridgehead atoms. The van der Waals surface area contributed by atoms with E-state index < -0.39 is 10.0 Å². The quantitative estimate of drug-likeness (QED) is 0.574. The van der Waals surface area contributed by atoms with Gasteiger partial charge in [-0.25, -0.2) is 18.1 Å². The number of amides is 1. The summed E-state index contributed by atoms with van der Waals surface area (Å²) in [5, 5.41) is 3.12. The van der Waals surface area contributed by atoms with E-state index in [0.29, 0.717) is 25.2 Å². The number of hydrogen-bond acceptors (Lipinski definition) is 6. The molecule has 0 aliphatic carbocycles. The molecule has 1 fully saturated rings. The van der Waals surface area contributed by atoms with Crippen molar-refractivity contribution in [2.75, 3.05) is 32.7 Å². The minimum atomic E-state index is -3.52. The monoisotopic (exact) mass is 470 g/mol. The van der Waals surface area contributed by atoms with Crippen molar-refractivity contribution in [2.24, 2.45) is 0 Å². The zero-order chi connectivity index (χ0) is 22.6. The number of nitrogens with zero attached hydrogens (tertiary/aromatic N) is 3. The van der Waals surface area contributed by atoms with Crippen molar-refractivity contribution in [2.45, 2.75) is 18.4 Å². The van der Waals surface area contributed by atoms with Gasteiger partial charge in [-0.3, -0.25) is 9.69 Å². The van der Waals surface area contributed by atoms with Gasteiger partial charge in [0.15, 0.2) is 0 Å². The van der Waals surface area contributed by atoms with Crippen molar-refractivity contribution in [3.05, 3.63) is 71.2 Å². The van der Waals surface area contributed by atoms with Gasteiger partial charge in [0.25, 0.3) is 5.91 Å². The van der Waals surface area contributed by atoms with Crippen molar-refractivity contribution in [3.63, 3.8) is 0 Å². The fourth-order valence-electron chi connectivity index (χ4n) is 3.66. The van der Waals surface area contributed by atoms with Gasteiger partial charge in [0, 0.05) is 55.8 Å². The highest BCUT2D eigenvalue weighted by Crippen LogP contribution is 2.24. The highest BCUT2D eigenvalue weighted by Gasteiger charge is 2.23. The van der Waals surface area contributed by atoms with Crippen LogP contribution in [0, 0.1) is 0 Å². The molecule has 1 N–H and O–H groups in total. The molecule has 4 rings (SSSR count). The molecule has 0 saturated carbocycles. The summed E-state index contributed by atoms with van der Waals surface area (Å²) >= 11 is 1.65. The second kappa shape index (κ2) is 9.91. The van der Waals surface area contributed by atoms with Crippen molar-refractivity contribution in [1.29, 1.82) is 0 Å².